The van der Waals surface area contributed by atoms with Gasteiger partial charge in [0.2, 0.25) is 0 Å². The highest BCUT2D eigenvalue weighted by atomic mass is 35.5. The first-order chi connectivity index (χ1) is 7.27. The third-order valence-corrected chi connectivity index (χ3v) is 4.66. The maximum Gasteiger partial charge on any atom is 0.0556 e. The van der Waals surface area contributed by atoms with Crippen LogP contribution < -0.4 is 5.32 Å². The normalized spacial score (nSPS) is 20.8. The molecular formula is C11H13Cl2NS. The SMILES string of the molecule is Clc1cccc(Cl)c1SC[C@H]1CCCN1. The van der Waals surface area contributed by atoms with Gasteiger partial charge in [0.05, 0.1) is 10.0 Å². The molecule has 4 heteroatoms. The second-order valence-corrected chi connectivity index (χ2v) is 5.50. The van der Waals surface area contributed by atoms with Crippen molar-refractivity contribution in [2.24, 2.45) is 0 Å². The van der Waals surface area contributed by atoms with Crippen LogP contribution in [0.3, 0.4) is 0 Å². The zero-order chi connectivity index (χ0) is 10.7. The van der Waals surface area contributed by atoms with E-state index >= 15 is 0 Å². The van der Waals surface area contributed by atoms with E-state index in [1.165, 1.54) is 12.8 Å². The first-order valence-electron chi connectivity index (χ1n) is 5.07. The first-order valence-corrected chi connectivity index (χ1v) is 6.82. The predicted molar refractivity (Wildman–Crippen MR) is 68.2 cm³/mol. The van der Waals surface area contributed by atoms with Crippen molar-refractivity contribution in [3.63, 3.8) is 0 Å². The Hall–Kier alpha value is 0.110. The van der Waals surface area contributed by atoms with E-state index in [1.807, 2.05) is 18.2 Å². The van der Waals surface area contributed by atoms with E-state index in [0.29, 0.717) is 6.04 Å². The van der Waals surface area contributed by atoms with Crippen LogP contribution in [0.1, 0.15) is 12.8 Å². The Bertz CT molecular complexity index is 317. The summed E-state index contributed by atoms with van der Waals surface area (Å²) in [6.07, 6.45) is 2.54. The summed E-state index contributed by atoms with van der Waals surface area (Å²) in [4.78, 5) is 1.01. The summed E-state index contributed by atoms with van der Waals surface area (Å²) in [5, 5.41) is 4.97. The largest absolute Gasteiger partial charge is 0.313 e. The zero-order valence-corrected chi connectivity index (χ0v) is 10.6. The molecule has 1 heterocycles. The first kappa shape index (κ1) is 11.6. The van der Waals surface area contributed by atoms with E-state index in [2.05, 4.69) is 5.32 Å². The van der Waals surface area contributed by atoms with Crippen LogP contribution in [0.2, 0.25) is 10.0 Å². The minimum atomic E-state index is 0.613. The Morgan fingerprint density at radius 1 is 1.33 bits per heavy atom. The van der Waals surface area contributed by atoms with Gasteiger partial charge in [0, 0.05) is 16.7 Å². The number of rotatable bonds is 3. The molecule has 1 fully saturated rings. The average molecular weight is 262 g/mol. The number of hydrogen-bond acceptors (Lipinski definition) is 2. The molecule has 0 amide bonds. The molecule has 15 heavy (non-hydrogen) atoms. The van der Waals surface area contributed by atoms with Crippen molar-refractivity contribution in [3.05, 3.63) is 28.2 Å². The number of hydrogen-bond donors (Lipinski definition) is 1. The highest BCUT2D eigenvalue weighted by molar-refractivity contribution is 7.99. The number of nitrogens with one attached hydrogen (secondary N) is 1. The van der Waals surface area contributed by atoms with E-state index in [-0.39, 0.29) is 0 Å². The van der Waals surface area contributed by atoms with Crippen LogP contribution in [-0.2, 0) is 0 Å². The lowest BCUT2D eigenvalue weighted by Crippen LogP contribution is -2.23. The predicted octanol–water partition coefficient (Wildman–Crippen LogP) is 3.84. The summed E-state index contributed by atoms with van der Waals surface area (Å²) >= 11 is 13.9. The van der Waals surface area contributed by atoms with Gasteiger partial charge in [-0.05, 0) is 31.5 Å². The van der Waals surface area contributed by atoms with Gasteiger partial charge in [0.1, 0.15) is 0 Å². The average Bonchev–Trinajstić information content (AvgIpc) is 2.70. The molecule has 82 valence electrons. The van der Waals surface area contributed by atoms with Crippen LogP contribution in [0, 0.1) is 0 Å². The second-order valence-electron chi connectivity index (χ2n) is 3.66. The number of thioether (sulfide) groups is 1. The Balaban J connectivity index is 1.97. The Kier molecular flexibility index (Phi) is 4.21. The van der Waals surface area contributed by atoms with E-state index < -0.39 is 0 Å². The van der Waals surface area contributed by atoms with Gasteiger partial charge >= 0.3 is 0 Å². The molecule has 1 aliphatic rings. The fraction of sp³-hybridized carbons (Fsp3) is 0.455. The monoisotopic (exact) mass is 261 g/mol. The van der Waals surface area contributed by atoms with Crippen LogP contribution in [0.4, 0.5) is 0 Å². The summed E-state index contributed by atoms with van der Waals surface area (Å²) in [7, 11) is 0. The smallest absolute Gasteiger partial charge is 0.0556 e. The molecule has 0 radical (unpaired) electrons. The Labute approximate surface area is 105 Å². The van der Waals surface area contributed by atoms with Gasteiger partial charge in [-0.2, -0.15) is 0 Å². The van der Waals surface area contributed by atoms with Crippen LogP contribution in [0.5, 0.6) is 0 Å². The van der Waals surface area contributed by atoms with Crippen molar-refractivity contribution in [3.8, 4) is 0 Å². The van der Waals surface area contributed by atoms with Crippen molar-refractivity contribution >= 4 is 35.0 Å². The number of halogens is 2. The van der Waals surface area contributed by atoms with Crippen molar-refractivity contribution in [1.82, 2.24) is 5.32 Å². The molecule has 1 aromatic carbocycles. The third-order valence-electron chi connectivity index (χ3n) is 2.51. The summed E-state index contributed by atoms with van der Waals surface area (Å²) in [6.45, 7) is 1.14. The standard InChI is InChI=1S/C11H13Cl2NS/c12-9-4-1-5-10(13)11(9)15-7-8-3-2-6-14-8/h1,4-5,8,14H,2-3,6-7H2/t8-/m1/s1. The molecule has 0 bridgehead atoms. The molecule has 0 aromatic heterocycles. The maximum absolute atomic E-state index is 6.09. The Morgan fingerprint density at radius 3 is 2.67 bits per heavy atom. The molecule has 0 saturated carbocycles. The molecule has 1 nitrogen and oxygen atoms in total. The van der Waals surface area contributed by atoms with E-state index in [1.54, 1.807) is 11.8 Å². The summed E-state index contributed by atoms with van der Waals surface area (Å²) in [6, 6.07) is 6.26. The minimum absolute atomic E-state index is 0.613. The van der Waals surface area contributed by atoms with Gasteiger partial charge in [-0.15, -0.1) is 11.8 Å². The molecule has 0 spiro atoms. The van der Waals surface area contributed by atoms with E-state index in [9.17, 15) is 0 Å². The summed E-state index contributed by atoms with van der Waals surface area (Å²) < 4.78 is 0. The van der Waals surface area contributed by atoms with Crippen LogP contribution >= 0.6 is 35.0 Å². The van der Waals surface area contributed by atoms with Crippen LogP contribution in [-0.4, -0.2) is 18.3 Å². The summed E-state index contributed by atoms with van der Waals surface area (Å²) in [5.41, 5.74) is 0. The second kappa shape index (κ2) is 5.44. The van der Waals surface area contributed by atoms with Crippen molar-refractivity contribution in [2.75, 3.05) is 12.3 Å². The lowest BCUT2D eigenvalue weighted by molar-refractivity contribution is 0.674. The summed E-state index contributed by atoms with van der Waals surface area (Å²) in [5.74, 6) is 1.05. The molecule has 1 aliphatic heterocycles. The molecule has 1 aromatic rings. The van der Waals surface area contributed by atoms with Gasteiger partial charge in [-0.3, -0.25) is 0 Å². The third kappa shape index (κ3) is 3.04. The highest BCUT2D eigenvalue weighted by Gasteiger charge is 2.15. The minimum Gasteiger partial charge on any atom is -0.313 e. The molecule has 1 N–H and O–H groups in total. The Morgan fingerprint density at radius 2 is 2.07 bits per heavy atom. The lowest BCUT2D eigenvalue weighted by Gasteiger charge is -2.11. The van der Waals surface area contributed by atoms with Crippen LogP contribution in [0.25, 0.3) is 0 Å². The molecule has 2 rings (SSSR count). The van der Waals surface area contributed by atoms with E-state index in [0.717, 1.165) is 27.2 Å². The molecule has 1 atom stereocenters. The van der Waals surface area contributed by atoms with Crippen molar-refractivity contribution < 1.29 is 0 Å². The molecule has 0 unspecified atom stereocenters. The quantitative estimate of drug-likeness (QED) is 0.831. The fourth-order valence-electron chi connectivity index (χ4n) is 1.70. The van der Waals surface area contributed by atoms with Crippen molar-refractivity contribution in [2.45, 2.75) is 23.8 Å². The molecule has 0 aliphatic carbocycles. The lowest BCUT2D eigenvalue weighted by atomic mass is 10.3. The zero-order valence-electron chi connectivity index (χ0n) is 8.30. The molecule has 1 saturated heterocycles. The maximum atomic E-state index is 6.09. The van der Waals surface area contributed by atoms with Gasteiger partial charge < -0.3 is 5.32 Å². The van der Waals surface area contributed by atoms with Gasteiger partial charge in [-0.1, -0.05) is 29.3 Å². The van der Waals surface area contributed by atoms with Crippen LogP contribution in [0.15, 0.2) is 23.1 Å². The van der Waals surface area contributed by atoms with Gasteiger partial charge in [0.25, 0.3) is 0 Å². The van der Waals surface area contributed by atoms with Crippen molar-refractivity contribution in [1.29, 1.82) is 0 Å². The van der Waals surface area contributed by atoms with Gasteiger partial charge in [0.15, 0.2) is 0 Å². The van der Waals surface area contributed by atoms with E-state index in [4.69, 9.17) is 23.2 Å². The highest BCUT2D eigenvalue weighted by Crippen LogP contribution is 2.34. The number of benzene rings is 1. The molecular weight excluding hydrogens is 249 g/mol. The van der Waals surface area contributed by atoms with Gasteiger partial charge in [-0.25, -0.2) is 0 Å². The fourth-order valence-corrected chi connectivity index (χ4v) is 3.49. The topological polar surface area (TPSA) is 12.0 Å².